The predicted octanol–water partition coefficient (Wildman–Crippen LogP) is 4.65. The average molecular weight is 247 g/mol. The van der Waals surface area contributed by atoms with E-state index < -0.39 is 0 Å². The van der Waals surface area contributed by atoms with Gasteiger partial charge in [-0.2, -0.15) is 0 Å². The zero-order valence-corrected chi connectivity index (χ0v) is 12.1. The maximum absolute atomic E-state index is 6.27. The first-order valence-electron chi connectivity index (χ1n) is 7.80. The standard InChI is InChI=1S/C17H29N/c1-13-7-9-16(10-8-13)17(18)12-11-15-6-4-3-5-14(15)2/h7,9,12-16H,3-6,8,10-11,18H2,1-2H3/b17-12-. The molecule has 0 aromatic carbocycles. The van der Waals surface area contributed by atoms with Crippen molar-refractivity contribution in [1.29, 1.82) is 0 Å². The molecular weight excluding hydrogens is 218 g/mol. The Morgan fingerprint density at radius 2 is 1.89 bits per heavy atom. The van der Waals surface area contributed by atoms with Gasteiger partial charge >= 0.3 is 0 Å². The Kier molecular flexibility index (Phi) is 4.91. The van der Waals surface area contributed by atoms with Gasteiger partial charge < -0.3 is 5.73 Å². The lowest BCUT2D eigenvalue weighted by Crippen LogP contribution is -2.18. The molecule has 4 atom stereocenters. The molecule has 1 saturated carbocycles. The summed E-state index contributed by atoms with van der Waals surface area (Å²) in [4.78, 5) is 0. The van der Waals surface area contributed by atoms with Crippen LogP contribution in [0.1, 0.15) is 58.8 Å². The molecule has 4 unspecified atom stereocenters. The van der Waals surface area contributed by atoms with E-state index >= 15 is 0 Å². The summed E-state index contributed by atoms with van der Waals surface area (Å²) in [7, 11) is 0. The number of hydrogen-bond donors (Lipinski definition) is 1. The van der Waals surface area contributed by atoms with Gasteiger partial charge in [0.2, 0.25) is 0 Å². The average Bonchev–Trinajstić information content (AvgIpc) is 2.38. The van der Waals surface area contributed by atoms with E-state index in [1.807, 2.05) is 0 Å². The second-order valence-corrected chi connectivity index (χ2v) is 6.51. The Morgan fingerprint density at radius 3 is 2.56 bits per heavy atom. The van der Waals surface area contributed by atoms with Gasteiger partial charge in [0, 0.05) is 11.6 Å². The molecule has 1 heteroatoms. The van der Waals surface area contributed by atoms with Crippen molar-refractivity contribution < 1.29 is 0 Å². The summed E-state index contributed by atoms with van der Waals surface area (Å²) < 4.78 is 0. The number of allylic oxidation sites excluding steroid dienone is 3. The molecule has 0 amide bonds. The van der Waals surface area contributed by atoms with Crippen LogP contribution in [0.25, 0.3) is 0 Å². The van der Waals surface area contributed by atoms with Crippen LogP contribution >= 0.6 is 0 Å². The SMILES string of the molecule is CC1C=CC(/C(N)=C/CC2CCCCC2C)CC1. The van der Waals surface area contributed by atoms with E-state index in [9.17, 15) is 0 Å². The normalized spacial score (nSPS) is 37.8. The van der Waals surface area contributed by atoms with Crippen molar-refractivity contribution in [2.24, 2.45) is 29.4 Å². The Bertz CT molecular complexity index is 316. The molecule has 0 aromatic rings. The fourth-order valence-corrected chi connectivity index (χ4v) is 3.42. The molecule has 0 aliphatic heterocycles. The molecule has 0 saturated heterocycles. The highest BCUT2D eigenvalue weighted by atomic mass is 14.6. The highest BCUT2D eigenvalue weighted by Gasteiger charge is 2.21. The molecule has 102 valence electrons. The van der Waals surface area contributed by atoms with Crippen LogP contribution in [0, 0.1) is 23.7 Å². The maximum Gasteiger partial charge on any atom is 0.0161 e. The highest BCUT2D eigenvalue weighted by molar-refractivity contribution is 5.13. The fourth-order valence-electron chi connectivity index (χ4n) is 3.42. The van der Waals surface area contributed by atoms with E-state index in [0.717, 1.165) is 23.5 Å². The third kappa shape index (κ3) is 3.63. The van der Waals surface area contributed by atoms with Gasteiger partial charge in [-0.05, 0) is 43.4 Å². The van der Waals surface area contributed by atoms with Crippen LogP contribution in [-0.2, 0) is 0 Å². The van der Waals surface area contributed by atoms with Crippen LogP contribution in [0.2, 0.25) is 0 Å². The number of hydrogen-bond acceptors (Lipinski definition) is 1. The summed E-state index contributed by atoms with van der Waals surface area (Å²) in [6, 6.07) is 0. The van der Waals surface area contributed by atoms with E-state index in [0.29, 0.717) is 5.92 Å². The Hall–Kier alpha value is -0.720. The first-order chi connectivity index (χ1) is 8.66. The van der Waals surface area contributed by atoms with Crippen molar-refractivity contribution in [3.05, 3.63) is 23.9 Å². The molecule has 0 spiro atoms. The van der Waals surface area contributed by atoms with E-state index in [1.165, 1.54) is 44.9 Å². The molecule has 2 rings (SSSR count). The quantitative estimate of drug-likeness (QED) is 0.722. The van der Waals surface area contributed by atoms with Crippen LogP contribution in [0.15, 0.2) is 23.9 Å². The van der Waals surface area contributed by atoms with Crippen molar-refractivity contribution in [3.8, 4) is 0 Å². The molecule has 2 aliphatic rings. The summed E-state index contributed by atoms with van der Waals surface area (Å²) in [6.07, 6.45) is 16.4. The molecule has 0 radical (unpaired) electrons. The second-order valence-electron chi connectivity index (χ2n) is 6.51. The van der Waals surface area contributed by atoms with Crippen molar-refractivity contribution in [3.63, 3.8) is 0 Å². The van der Waals surface area contributed by atoms with Gasteiger partial charge in [0.15, 0.2) is 0 Å². The molecule has 0 bridgehead atoms. The summed E-state index contributed by atoms with van der Waals surface area (Å²) in [5.74, 6) is 3.03. The van der Waals surface area contributed by atoms with Gasteiger partial charge in [-0.15, -0.1) is 0 Å². The minimum Gasteiger partial charge on any atom is -0.402 e. The molecule has 0 heterocycles. The molecule has 2 N–H and O–H groups in total. The molecular formula is C17H29N. The van der Waals surface area contributed by atoms with Crippen LogP contribution in [-0.4, -0.2) is 0 Å². The van der Waals surface area contributed by atoms with Crippen LogP contribution in [0.5, 0.6) is 0 Å². The second kappa shape index (κ2) is 6.45. The van der Waals surface area contributed by atoms with Gasteiger partial charge in [-0.1, -0.05) is 51.3 Å². The Balaban J connectivity index is 1.86. The predicted molar refractivity (Wildman–Crippen MR) is 79.0 cm³/mol. The molecule has 0 aromatic heterocycles. The van der Waals surface area contributed by atoms with E-state index in [2.05, 4.69) is 32.1 Å². The lowest BCUT2D eigenvalue weighted by molar-refractivity contribution is 0.257. The van der Waals surface area contributed by atoms with Crippen LogP contribution < -0.4 is 5.73 Å². The van der Waals surface area contributed by atoms with Crippen molar-refractivity contribution >= 4 is 0 Å². The largest absolute Gasteiger partial charge is 0.402 e. The highest BCUT2D eigenvalue weighted by Crippen LogP contribution is 2.33. The number of rotatable bonds is 3. The number of nitrogens with two attached hydrogens (primary N) is 1. The Labute approximate surface area is 113 Å². The maximum atomic E-state index is 6.27. The first kappa shape index (κ1) is 13.7. The zero-order chi connectivity index (χ0) is 13.0. The summed E-state index contributed by atoms with van der Waals surface area (Å²) in [5, 5.41) is 0. The monoisotopic (exact) mass is 247 g/mol. The molecule has 18 heavy (non-hydrogen) atoms. The van der Waals surface area contributed by atoms with E-state index in [-0.39, 0.29) is 0 Å². The van der Waals surface area contributed by atoms with E-state index in [1.54, 1.807) is 0 Å². The smallest absolute Gasteiger partial charge is 0.0161 e. The topological polar surface area (TPSA) is 26.0 Å². The van der Waals surface area contributed by atoms with Gasteiger partial charge in [-0.3, -0.25) is 0 Å². The van der Waals surface area contributed by atoms with Crippen molar-refractivity contribution in [2.75, 3.05) is 0 Å². The third-order valence-electron chi connectivity index (χ3n) is 4.98. The minimum absolute atomic E-state index is 0.514. The molecule has 1 nitrogen and oxygen atoms in total. The minimum atomic E-state index is 0.514. The summed E-state index contributed by atoms with van der Waals surface area (Å²) >= 11 is 0. The third-order valence-corrected chi connectivity index (χ3v) is 4.98. The van der Waals surface area contributed by atoms with Crippen molar-refractivity contribution in [2.45, 2.75) is 58.8 Å². The zero-order valence-electron chi connectivity index (χ0n) is 12.1. The van der Waals surface area contributed by atoms with Crippen LogP contribution in [0.3, 0.4) is 0 Å². The van der Waals surface area contributed by atoms with Crippen molar-refractivity contribution in [1.82, 2.24) is 0 Å². The summed E-state index contributed by atoms with van der Waals surface area (Å²) in [6.45, 7) is 4.70. The fraction of sp³-hybridized carbons (Fsp3) is 0.765. The van der Waals surface area contributed by atoms with E-state index in [4.69, 9.17) is 5.73 Å². The van der Waals surface area contributed by atoms with Gasteiger partial charge in [0.25, 0.3) is 0 Å². The Morgan fingerprint density at radius 1 is 1.11 bits per heavy atom. The first-order valence-corrected chi connectivity index (χ1v) is 7.80. The van der Waals surface area contributed by atoms with Gasteiger partial charge in [-0.25, -0.2) is 0 Å². The lowest BCUT2D eigenvalue weighted by atomic mass is 9.78. The summed E-state index contributed by atoms with van der Waals surface area (Å²) in [5.41, 5.74) is 7.39. The van der Waals surface area contributed by atoms with Crippen LogP contribution in [0.4, 0.5) is 0 Å². The molecule has 2 aliphatic carbocycles. The van der Waals surface area contributed by atoms with Gasteiger partial charge in [0.05, 0.1) is 0 Å². The van der Waals surface area contributed by atoms with Gasteiger partial charge in [0.1, 0.15) is 0 Å². The lowest BCUT2D eigenvalue weighted by Gasteiger charge is -2.28. The molecule has 1 fully saturated rings.